The molecule has 0 radical (unpaired) electrons. The van der Waals surface area contributed by atoms with Crippen LogP contribution < -0.4 is 0 Å². The van der Waals surface area contributed by atoms with E-state index in [0.717, 1.165) is 18.2 Å². The van der Waals surface area contributed by atoms with E-state index in [-0.39, 0.29) is 17.4 Å². The third kappa shape index (κ3) is 3.93. The van der Waals surface area contributed by atoms with Gasteiger partial charge >= 0.3 is 0 Å². The molecule has 1 aromatic carbocycles. The number of aromatic hydroxyl groups is 1. The van der Waals surface area contributed by atoms with Crippen LogP contribution in [0.4, 0.5) is 13.2 Å². The van der Waals surface area contributed by atoms with E-state index in [1.54, 1.807) is 13.8 Å². The first-order chi connectivity index (χ1) is 10.2. The van der Waals surface area contributed by atoms with Crippen molar-refractivity contribution in [2.75, 3.05) is 0 Å². The number of nitrogens with zero attached hydrogens (tertiary/aromatic N) is 1. The topological polar surface area (TPSA) is 40.5 Å². The molecule has 22 heavy (non-hydrogen) atoms. The first-order valence-electron chi connectivity index (χ1n) is 7.40. The van der Waals surface area contributed by atoms with Gasteiger partial charge < -0.3 is 10.0 Å². The molecule has 1 fully saturated rings. The quantitative estimate of drug-likeness (QED) is 0.907. The zero-order valence-electron chi connectivity index (χ0n) is 13.2. The van der Waals surface area contributed by atoms with Crippen LogP contribution in [0.15, 0.2) is 18.2 Å². The van der Waals surface area contributed by atoms with Crippen molar-refractivity contribution < 1.29 is 23.1 Å². The summed E-state index contributed by atoms with van der Waals surface area (Å²) < 4.78 is 39.1. The van der Waals surface area contributed by atoms with E-state index in [9.17, 15) is 23.1 Å². The van der Waals surface area contributed by atoms with Gasteiger partial charge in [-0.2, -0.15) is 0 Å². The zero-order chi connectivity index (χ0) is 17.1. The van der Waals surface area contributed by atoms with E-state index < -0.39 is 36.5 Å². The Labute approximate surface area is 128 Å². The molecule has 0 spiro atoms. The summed E-state index contributed by atoms with van der Waals surface area (Å²) in [5.41, 5.74) is -0.200. The van der Waals surface area contributed by atoms with Gasteiger partial charge in [0.2, 0.25) is 0 Å². The molecule has 1 saturated carbocycles. The molecule has 0 bridgehead atoms. The van der Waals surface area contributed by atoms with E-state index in [1.165, 1.54) is 4.90 Å². The lowest BCUT2D eigenvalue weighted by Crippen LogP contribution is -2.55. The highest BCUT2D eigenvalue weighted by Crippen LogP contribution is 2.41. The predicted octanol–water partition coefficient (Wildman–Crippen LogP) is 4.21. The molecule has 0 unspecified atom stereocenters. The lowest BCUT2D eigenvalue weighted by atomic mass is 9.85. The van der Waals surface area contributed by atoms with Gasteiger partial charge in [-0.05, 0) is 32.0 Å². The minimum Gasteiger partial charge on any atom is -0.507 e. The molecule has 1 N–H and O–H groups in total. The summed E-state index contributed by atoms with van der Waals surface area (Å²) in [6.07, 6.45) is -0.792. The van der Waals surface area contributed by atoms with E-state index in [1.807, 2.05) is 13.8 Å². The maximum absolute atomic E-state index is 13.2. The first-order valence-corrected chi connectivity index (χ1v) is 7.40. The Morgan fingerprint density at radius 3 is 2.32 bits per heavy atom. The van der Waals surface area contributed by atoms with E-state index >= 15 is 0 Å². The lowest BCUT2D eigenvalue weighted by Gasteiger charge is -2.44. The van der Waals surface area contributed by atoms with Crippen LogP contribution in [0.2, 0.25) is 0 Å². The largest absolute Gasteiger partial charge is 0.507 e. The number of alkyl halides is 2. The third-order valence-electron chi connectivity index (χ3n) is 3.44. The molecule has 0 aliphatic heterocycles. The van der Waals surface area contributed by atoms with Gasteiger partial charge in [-0.25, -0.2) is 13.2 Å². The second kappa shape index (κ2) is 7.03. The predicted molar refractivity (Wildman–Crippen MR) is 78.7 cm³/mol. The monoisotopic (exact) mass is 317 g/mol. The van der Waals surface area contributed by atoms with Crippen LogP contribution in [0.5, 0.6) is 5.75 Å². The Kier molecular flexibility index (Phi) is 5.85. The van der Waals surface area contributed by atoms with Crippen LogP contribution in [0.25, 0.3) is 0 Å². The van der Waals surface area contributed by atoms with Crippen molar-refractivity contribution in [1.82, 2.24) is 4.90 Å². The van der Waals surface area contributed by atoms with Crippen LogP contribution >= 0.6 is 0 Å². The summed E-state index contributed by atoms with van der Waals surface area (Å²) in [6.45, 7) is 7.40. The van der Waals surface area contributed by atoms with Crippen molar-refractivity contribution in [2.45, 2.75) is 58.5 Å². The minimum atomic E-state index is -2.75. The van der Waals surface area contributed by atoms with Crippen LogP contribution in [0, 0.1) is 5.82 Å². The van der Waals surface area contributed by atoms with E-state index in [4.69, 9.17) is 0 Å². The standard InChI is InChI=1S/C14H16F3NO2.C2H6/c1-8(2)18(10-6-14(16,17)7-10)13(20)11-5-9(15)3-4-12(11)19;1-2/h3-5,8,10,19H,6-7H2,1-2H3;1-2H3. The maximum atomic E-state index is 13.2. The second-order valence-electron chi connectivity index (χ2n) is 5.39. The van der Waals surface area contributed by atoms with Gasteiger partial charge in [-0.3, -0.25) is 4.79 Å². The van der Waals surface area contributed by atoms with Crippen molar-refractivity contribution in [3.05, 3.63) is 29.6 Å². The van der Waals surface area contributed by atoms with Gasteiger partial charge in [0.1, 0.15) is 11.6 Å². The summed E-state index contributed by atoms with van der Waals surface area (Å²) in [7, 11) is 0. The van der Waals surface area contributed by atoms with Gasteiger partial charge in [0.05, 0.1) is 5.56 Å². The smallest absolute Gasteiger partial charge is 0.258 e. The summed E-state index contributed by atoms with van der Waals surface area (Å²) in [4.78, 5) is 13.6. The Bertz CT molecular complexity index is 524. The Hall–Kier alpha value is -1.72. The number of phenols is 1. The fourth-order valence-electron chi connectivity index (χ4n) is 2.47. The highest BCUT2D eigenvalue weighted by atomic mass is 19.3. The minimum absolute atomic E-state index is 0.200. The summed E-state index contributed by atoms with van der Waals surface area (Å²) in [6, 6.07) is 2.13. The maximum Gasteiger partial charge on any atom is 0.258 e. The van der Waals surface area contributed by atoms with Gasteiger partial charge in [0.25, 0.3) is 11.8 Å². The molecule has 124 valence electrons. The third-order valence-corrected chi connectivity index (χ3v) is 3.44. The number of rotatable bonds is 3. The molecule has 0 atom stereocenters. The molecule has 6 heteroatoms. The molecule has 1 aliphatic rings. The lowest BCUT2D eigenvalue weighted by molar-refractivity contribution is -0.120. The Morgan fingerprint density at radius 2 is 1.86 bits per heavy atom. The van der Waals surface area contributed by atoms with Gasteiger partial charge in [-0.1, -0.05) is 13.8 Å². The highest BCUT2D eigenvalue weighted by molar-refractivity contribution is 5.97. The van der Waals surface area contributed by atoms with Crippen LogP contribution in [0.3, 0.4) is 0 Å². The van der Waals surface area contributed by atoms with Gasteiger partial charge in [0, 0.05) is 24.9 Å². The van der Waals surface area contributed by atoms with Crippen molar-refractivity contribution >= 4 is 5.91 Å². The number of benzene rings is 1. The SMILES string of the molecule is CC.CC(C)N(C(=O)c1cc(F)ccc1O)C1CC(F)(F)C1. The van der Waals surface area contributed by atoms with Crippen LogP contribution in [-0.2, 0) is 0 Å². The number of hydrogen-bond acceptors (Lipinski definition) is 2. The number of halogens is 3. The molecule has 0 aromatic heterocycles. The average Bonchev–Trinajstić information content (AvgIpc) is 2.41. The molecule has 0 saturated heterocycles. The normalized spacial score (nSPS) is 16.5. The second-order valence-corrected chi connectivity index (χ2v) is 5.39. The van der Waals surface area contributed by atoms with Crippen molar-refractivity contribution in [2.24, 2.45) is 0 Å². The fourth-order valence-corrected chi connectivity index (χ4v) is 2.47. The summed E-state index contributed by atoms with van der Waals surface area (Å²) >= 11 is 0. The summed E-state index contributed by atoms with van der Waals surface area (Å²) in [5.74, 6) is -4.39. The zero-order valence-corrected chi connectivity index (χ0v) is 13.2. The number of amides is 1. The number of carbonyl (C=O) groups is 1. The molecule has 1 amide bonds. The molecule has 1 aromatic rings. The van der Waals surface area contributed by atoms with Gasteiger partial charge in [-0.15, -0.1) is 0 Å². The molecule has 0 heterocycles. The molecule has 3 nitrogen and oxygen atoms in total. The first kappa shape index (κ1) is 18.3. The Morgan fingerprint density at radius 1 is 1.32 bits per heavy atom. The Balaban J connectivity index is 0.00000116. The van der Waals surface area contributed by atoms with Crippen molar-refractivity contribution in [3.63, 3.8) is 0 Å². The average molecular weight is 317 g/mol. The van der Waals surface area contributed by atoms with Crippen molar-refractivity contribution in [3.8, 4) is 5.75 Å². The number of phenolic OH excluding ortho intramolecular Hbond substituents is 1. The van der Waals surface area contributed by atoms with Crippen LogP contribution in [-0.4, -0.2) is 33.9 Å². The van der Waals surface area contributed by atoms with E-state index in [0.29, 0.717) is 0 Å². The fraction of sp³-hybridized carbons (Fsp3) is 0.562. The van der Waals surface area contributed by atoms with Gasteiger partial charge in [0.15, 0.2) is 0 Å². The molecular weight excluding hydrogens is 295 g/mol. The number of hydrogen-bond donors (Lipinski definition) is 1. The number of carbonyl (C=O) groups excluding carboxylic acids is 1. The summed E-state index contributed by atoms with van der Waals surface area (Å²) in [5, 5.41) is 9.65. The molecule has 1 aliphatic carbocycles. The van der Waals surface area contributed by atoms with Crippen LogP contribution in [0.1, 0.15) is 50.9 Å². The molecular formula is C16H22F3NO2. The highest BCUT2D eigenvalue weighted by Gasteiger charge is 2.49. The molecule has 2 rings (SSSR count). The van der Waals surface area contributed by atoms with Crippen molar-refractivity contribution in [1.29, 1.82) is 0 Å². The van der Waals surface area contributed by atoms with E-state index in [2.05, 4.69) is 0 Å².